The van der Waals surface area contributed by atoms with E-state index in [2.05, 4.69) is 0 Å². The van der Waals surface area contributed by atoms with Crippen molar-refractivity contribution >= 4 is 12.1 Å². The predicted octanol–water partition coefficient (Wildman–Crippen LogP) is -2.74. The Bertz CT molecular complexity index is 308. The zero-order valence-corrected chi connectivity index (χ0v) is 10.0. The van der Waals surface area contributed by atoms with Crippen LogP contribution < -0.4 is 24.0 Å². The molecule has 0 saturated carbocycles. The molecule has 0 aliphatic carbocycles. The van der Waals surface area contributed by atoms with Gasteiger partial charge in [0.25, 0.3) is 0 Å². The van der Waals surface area contributed by atoms with Gasteiger partial charge in [0.1, 0.15) is 5.60 Å². The van der Waals surface area contributed by atoms with Crippen molar-refractivity contribution in [3.05, 3.63) is 12.3 Å². The fourth-order valence-electron chi connectivity index (χ4n) is 1.23. The first-order valence-electron chi connectivity index (χ1n) is 4.70. The van der Waals surface area contributed by atoms with E-state index in [4.69, 9.17) is 4.74 Å². The van der Waals surface area contributed by atoms with Gasteiger partial charge in [0, 0.05) is 6.20 Å². The van der Waals surface area contributed by atoms with Crippen molar-refractivity contribution < 1.29 is 38.3 Å². The van der Waals surface area contributed by atoms with E-state index < -0.39 is 23.7 Å². The van der Waals surface area contributed by atoms with Crippen LogP contribution in [0.2, 0.25) is 0 Å². The normalized spacial score (nSPS) is 19.2. The van der Waals surface area contributed by atoms with Crippen LogP contribution in [0.4, 0.5) is 4.79 Å². The standard InChI is InChI=1S/C10H15NO4.Li/c1-10(2,3)15-9(14)11-6-4-5-7(11)8(12)13;/h4,6-7H,5H2,1-3H3,(H,12,13);/q;+1/p-1/t7-;/m0./s1. The average Bonchev–Trinajstić information content (AvgIpc) is 2.47. The number of carbonyl (C=O) groups excluding carboxylic acids is 2. The minimum atomic E-state index is -1.27. The van der Waals surface area contributed by atoms with Gasteiger partial charge < -0.3 is 14.6 Å². The van der Waals surface area contributed by atoms with Gasteiger partial charge in [-0.1, -0.05) is 6.08 Å². The topological polar surface area (TPSA) is 69.7 Å². The maximum Gasteiger partial charge on any atom is 1.00 e. The third-order valence-electron chi connectivity index (χ3n) is 1.84. The van der Waals surface area contributed by atoms with Crippen molar-refractivity contribution in [1.29, 1.82) is 0 Å². The number of rotatable bonds is 1. The maximum absolute atomic E-state index is 11.5. The Balaban J connectivity index is 0.00000225. The first-order chi connectivity index (χ1) is 6.81. The van der Waals surface area contributed by atoms with Crippen LogP contribution in [0.5, 0.6) is 0 Å². The molecular formula is C10H14LiNO4. The number of nitrogens with zero attached hydrogens (tertiary/aromatic N) is 1. The molecule has 0 radical (unpaired) electrons. The molecule has 16 heavy (non-hydrogen) atoms. The van der Waals surface area contributed by atoms with E-state index in [-0.39, 0.29) is 25.3 Å². The Labute approximate surface area is 107 Å². The molecule has 0 spiro atoms. The van der Waals surface area contributed by atoms with Gasteiger partial charge in [-0.2, -0.15) is 0 Å². The third kappa shape index (κ3) is 3.91. The number of ether oxygens (including phenoxy) is 1. The summed E-state index contributed by atoms with van der Waals surface area (Å²) in [5.74, 6) is -1.27. The number of amides is 1. The Hall–Kier alpha value is -0.923. The minimum Gasteiger partial charge on any atom is -0.548 e. The summed E-state index contributed by atoms with van der Waals surface area (Å²) >= 11 is 0. The second-order valence-corrected chi connectivity index (χ2v) is 4.34. The zero-order chi connectivity index (χ0) is 11.6. The van der Waals surface area contributed by atoms with E-state index in [0.717, 1.165) is 4.90 Å². The van der Waals surface area contributed by atoms with Crippen molar-refractivity contribution in [3.63, 3.8) is 0 Å². The van der Waals surface area contributed by atoms with Crippen molar-refractivity contribution in [2.45, 2.75) is 38.8 Å². The van der Waals surface area contributed by atoms with Gasteiger partial charge in [-0.3, -0.25) is 4.90 Å². The molecule has 0 fully saturated rings. The molecule has 1 amide bonds. The number of hydrogen-bond donors (Lipinski definition) is 0. The first kappa shape index (κ1) is 15.1. The molecule has 1 atom stereocenters. The molecule has 1 aliphatic heterocycles. The zero-order valence-electron chi connectivity index (χ0n) is 10.0. The predicted molar refractivity (Wildman–Crippen MR) is 50.6 cm³/mol. The fraction of sp³-hybridized carbons (Fsp3) is 0.600. The molecule has 0 saturated heterocycles. The smallest absolute Gasteiger partial charge is 0.548 e. The van der Waals surface area contributed by atoms with Crippen LogP contribution in [-0.2, 0) is 9.53 Å². The molecule has 6 heteroatoms. The van der Waals surface area contributed by atoms with E-state index in [0.29, 0.717) is 0 Å². The molecule has 0 unspecified atom stereocenters. The number of carboxylic acid groups (broad SMARTS) is 1. The first-order valence-corrected chi connectivity index (χ1v) is 4.70. The molecule has 0 N–H and O–H groups in total. The van der Waals surface area contributed by atoms with Gasteiger partial charge in [-0.25, -0.2) is 4.79 Å². The van der Waals surface area contributed by atoms with Crippen molar-refractivity contribution in [2.75, 3.05) is 0 Å². The number of aliphatic carboxylic acids is 1. The van der Waals surface area contributed by atoms with Crippen LogP contribution in [0.25, 0.3) is 0 Å². The van der Waals surface area contributed by atoms with E-state index in [1.165, 1.54) is 6.20 Å². The Morgan fingerprint density at radius 1 is 1.44 bits per heavy atom. The number of carbonyl (C=O) groups is 2. The Morgan fingerprint density at radius 2 is 2.00 bits per heavy atom. The van der Waals surface area contributed by atoms with Gasteiger partial charge in [-0.05, 0) is 27.2 Å². The minimum absolute atomic E-state index is 0. The van der Waals surface area contributed by atoms with Gasteiger partial charge in [0.2, 0.25) is 0 Å². The molecule has 0 aromatic heterocycles. The Kier molecular flexibility index (Phi) is 5.11. The second kappa shape index (κ2) is 5.42. The third-order valence-corrected chi connectivity index (χ3v) is 1.84. The van der Waals surface area contributed by atoms with Gasteiger partial charge >= 0.3 is 25.0 Å². The summed E-state index contributed by atoms with van der Waals surface area (Å²) in [6.45, 7) is 5.16. The SMILES string of the molecule is CC(C)(C)OC(=O)N1C=CC[C@H]1C(=O)[O-].[Li+]. The molecule has 84 valence electrons. The fourth-order valence-corrected chi connectivity index (χ4v) is 1.23. The molecule has 0 aromatic carbocycles. The molecule has 1 rings (SSSR count). The van der Waals surface area contributed by atoms with Gasteiger partial charge in [-0.15, -0.1) is 0 Å². The van der Waals surface area contributed by atoms with E-state index >= 15 is 0 Å². The van der Waals surface area contributed by atoms with Crippen LogP contribution >= 0.6 is 0 Å². The molecule has 5 nitrogen and oxygen atoms in total. The molecule has 0 bridgehead atoms. The Morgan fingerprint density at radius 3 is 2.44 bits per heavy atom. The summed E-state index contributed by atoms with van der Waals surface area (Å²) < 4.78 is 5.05. The van der Waals surface area contributed by atoms with Crippen molar-refractivity contribution in [1.82, 2.24) is 4.90 Å². The molecular weight excluding hydrogens is 205 g/mol. The monoisotopic (exact) mass is 219 g/mol. The summed E-state index contributed by atoms with van der Waals surface area (Å²) in [5.41, 5.74) is -0.635. The summed E-state index contributed by atoms with van der Waals surface area (Å²) in [6, 6.07) is -0.945. The number of carboxylic acids is 1. The van der Waals surface area contributed by atoms with E-state index in [1.807, 2.05) is 0 Å². The van der Waals surface area contributed by atoms with Crippen LogP contribution in [0, 0.1) is 0 Å². The quantitative estimate of drug-likeness (QED) is 0.449. The summed E-state index contributed by atoms with van der Waals surface area (Å²) in [4.78, 5) is 23.3. The summed E-state index contributed by atoms with van der Waals surface area (Å²) in [7, 11) is 0. The molecule has 1 aliphatic rings. The number of hydrogen-bond acceptors (Lipinski definition) is 4. The largest absolute Gasteiger partial charge is 1.00 e. The van der Waals surface area contributed by atoms with Crippen molar-refractivity contribution in [2.24, 2.45) is 0 Å². The molecule has 0 aromatic rings. The van der Waals surface area contributed by atoms with Crippen molar-refractivity contribution in [3.8, 4) is 0 Å². The van der Waals surface area contributed by atoms with Crippen LogP contribution in [0.1, 0.15) is 27.2 Å². The summed E-state index contributed by atoms with van der Waals surface area (Å²) in [6.07, 6.45) is 2.62. The molecule has 1 heterocycles. The second-order valence-electron chi connectivity index (χ2n) is 4.34. The maximum atomic E-state index is 11.5. The summed E-state index contributed by atoms with van der Waals surface area (Å²) in [5, 5.41) is 10.7. The van der Waals surface area contributed by atoms with Crippen LogP contribution in [0.3, 0.4) is 0 Å². The van der Waals surface area contributed by atoms with Gasteiger partial charge in [0.05, 0.1) is 12.0 Å². The van der Waals surface area contributed by atoms with E-state index in [1.54, 1.807) is 26.8 Å². The van der Waals surface area contributed by atoms with Crippen LogP contribution in [-0.4, -0.2) is 28.6 Å². The van der Waals surface area contributed by atoms with Gasteiger partial charge in [0.15, 0.2) is 0 Å². The average molecular weight is 219 g/mol. The van der Waals surface area contributed by atoms with E-state index in [9.17, 15) is 14.7 Å². The van der Waals surface area contributed by atoms with Crippen LogP contribution in [0.15, 0.2) is 12.3 Å².